The first-order valence-electron chi connectivity index (χ1n) is 11.6. The number of morpholine rings is 1. The maximum atomic E-state index is 13.7. The van der Waals surface area contributed by atoms with Crippen molar-refractivity contribution in [3.05, 3.63) is 50.4 Å². The van der Waals surface area contributed by atoms with Crippen molar-refractivity contribution >= 4 is 16.9 Å². The summed E-state index contributed by atoms with van der Waals surface area (Å²) in [4.78, 5) is 33.8. The highest BCUT2D eigenvalue weighted by molar-refractivity contribution is 5.77. The Balaban J connectivity index is 1.73. The molecule has 4 aromatic rings. The summed E-state index contributed by atoms with van der Waals surface area (Å²) < 4.78 is 23.0. The molecule has 1 fully saturated rings. The first kappa shape index (κ1) is 23.2. The van der Waals surface area contributed by atoms with E-state index >= 15 is 0 Å². The van der Waals surface area contributed by atoms with Crippen molar-refractivity contribution in [3.63, 3.8) is 0 Å². The molecule has 0 N–H and O–H groups in total. The first-order valence-corrected chi connectivity index (χ1v) is 11.6. The van der Waals surface area contributed by atoms with Crippen LogP contribution in [0, 0.1) is 13.8 Å². The maximum absolute atomic E-state index is 13.7. The minimum atomic E-state index is -0.378. The summed E-state index contributed by atoms with van der Waals surface area (Å²) in [6.07, 6.45) is 0. The second-order valence-electron chi connectivity index (χ2n) is 8.72. The van der Waals surface area contributed by atoms with Crippen LogP contribution < -0.4 is 20.7 Å². The molecule has 0 radical (unpaired) electrons. The molecular weight excluding hydrogens is 452 g/mol. The van der Waals surface area contributed by atoms with Crippen LogP contribution >= 0.6 is 0 Å². The molecule has 0 spiro atoms. The van der Waals surface area contributed by atoms with E-state index in [4.69, 9.17) is 19.2 Å². The van der Waals surface area contributed by atoms with Crippen molar-refractivity contribution in [1.29, 1.82) is 0 Å². The standard InChI is InChI=1S/C24H30N6O5/c1-15-16(2)30-20-21(25-23(30)29(15)18-14-17(33-4)6-7-19(18)34-5)26(3)24(32)28(22(20)31)9-8-27-10-12-35-13-11-27/h6-7,14H,8-13H2,1-5H3. The fraction of sp³-hybridized carbons (Fsp3) is 0.458. The highest BCUT2D eigenvalue weighted by Crippen LogP contribution is 2.32. The van der Waals surface area contributed by atoms with E-state index in [0.29, 0.717) is 54.7 Å². The molecule has 0 saturated carbocycles. The Morgan fingerprint density at radius 3 is 2.46 bits per heavy atom. The highest BCUT2D eigenvalue weighted by atomic mass is 16.5. The van der Waals surface area contributed by atoms with E-state index in [-0.39, 0.29) is 11.2 Å². The molecule has 11 nitrogen and oxygen atoms in total. The van der Waals surface area contributed by atoms with E-state index in [9.17, 15) is 9.59 Å². The second kappa shape index (κ2) is 8.90. The van der Waals surface area contributed by atoms with Gasteiger partial charge in [0.1, 0.15) is 11.5 Å². The summed E-state index contributed by atoms with van der Waals surface area (Å²) in [6.45, 7) is 7.71. The molecular formula is C24H30N6O5. The Hall–Kier alpha value is -3.57. The van der Waals surface area contributed by atoms with Gasteiger partial charge in [-0.3, -0.25) is 27.8 Å². The van der Waals surface area contributed by atoms with Gasteiger partial charge < -0.3 is 14.2 Å². The van der Waals surface area contributed by atoms with Crippen LogP contribution in [-0.4, -0.2) is 75.1 Å². The average molecular weight is 483 g/mol. The number of hydrogen-bond donors (Lipinski definition) is 0. The number of imidazole rings is 2. The number of fused-ring (bicyclic) bond motifs is 3. The zero-order valence-electron chi connectivity index (χ0n) is 20.7. The number of hydrogen-bond acceptors (Lipinski definition) is 7. The molecule has 1 aliphatic rings. The number of aryl methyl sites for hydroxylation is 2. The minimum absolute atomic E-state index is 0.303. The monoisotopic (exact) mass is 482 g/mol. The zero-order chi connectivity index (χ0) is 24.9. The van der Waals surface area contributed by atoms with Gasteiger partial charge >= 0.3 is 5.69 Å². The van der Waals surface area contributed by atoms with E-state index in [1.54, 1.807) is 21.3 Å². The summed E-state index contributed by atoms with van der Waals surface area (Å²) in [7, 11) is 4.86. The predicted molar refractivity (Wildman–Crippen MR) is 131 cm³/mol. The zero-order valence-corrected chi connectivity index (χ0v) is 20.7. The van der Waals surface area contributed by atoms with Gasteiger partial charge in [-0.15, -0.1) is 0 Å². The number of ether oxygens (including phenoxy) is 3. The van der Waals surface area contributed by atoms with Crippen molar-refractivity contribution in [2.45, 2.75) is 20.4 Å². The van der Waals surface area contributed by atoms with Crippen LogP contribution in [0.2, 0.25) is 0 Å². The van der Waals surface area contributed by atoms with Crippen LogP contribution in [0.4, 0.5) is 0 Å². The fourth-order valence-electron chi connectivity index (χ4n) is 4.77. The van der Waals surface area contributed by atoms with Gasteiger partial charge in [0.25, 0.3) is 5.56 Å². The molecule has 1 aliphatic heterocycles. The van der Waals surface area contributed by atoms with E-state index in [1.807, 2.05) is 41.0 Å². The normalized spacial score (nSPS) is 14.8. The van der Waals surface area contributed by atoms with Crippen LogP contribution in [0.3, 0.4) is 0 Å². The average Bonchev–Trinajstić information content (AvgIpc) is 3.38. The molecule has 11 heteroatoms. The first-order chi connectivity index (χ1) is 16.9. The number of benzene rings is 1. The van der Waals surface area contributed by atoms with E-state index < -0.39 is 0 Å². The Morgan fingerprint density at radius 2 is 1.77 bits per heavy atom. The summed E-state index contributed by atoms with van der Waals surface area (Å²) in [5.41, 5.74) is 2.48. The summed E-state index contributed by atoms with van der Waals surface area (Å²) in [6, 6.07) is 5.52. The van der Waals surface area contributed by atoms with Gasteiger partial charge in [0, 0.05) is 50.7 Å². The van der Waals surface area contributed by atoms with Crippen molar-refractivity contribution in [2.24, 2.45) is 7.05 Å². The lowest BCUT2D eigenvalue weighted by molar-refractivity contribution is 0.0361. The summed E-state index contributed by atoms with van der Waals surface area (Å²) >= 11 is 0. The van der Waals surface area contributed by atoms with Crippen molar-refractivity contribution < 1.29 is 14.2 Å². The van der Waals surface area contributed by atoms with E-state index in [2.05, 4.69) is 4.90 Å². The van der Waals surface area contributed by atoms with Crippen molar-refractivity contribution in [1.82, 2.24) is 28.0 Å². The van der Waals surface area contributed by atoms with E-state index in [1.165, 1.54) is 9.13 Å². The topological polar surface area (TPSA) is 97.2 Å². The molecule has 1 saturated heterocycles. The van der Waals surface area contributed by atoms with Crippen LogP contribution in [-0.2, 0) is 18.3 Å². The van der Waals surface area contributed by atoms with Gasteiger partial charge in [0.2, 0.25) is 5.78 Å². The van der Waals surface area contributed by atoms with Gasteiger partial charge in [-0.25, -0.2) is 4.79 Å². The van der Waals surface area contributed by atoms with Crippen LogP contribution in [0.1, 0.15) is 11.4 Å². The van der Waals surface area contributed by atoms with Gasteiger partial charge in [-0.05, 0) is 26.0 Å². The Labute approximate surface area is 201 Å². The third-order valence-corrected chi connectivity index (χ3v) is 6.89. The number of nitrogens with zero attached hydrogens (tertiary/aromatic N) is 6. The molecule has 0 atom stereocenters. The molecule has 0 unspecified atom stereocenters. The Morgan fingerprint density at radius 1 is 1.03 bits per heavy atom. The van der Waals surface area contributed by atoms with Crippen LogP contribution in [0.25, 0.3) is 22.6 Å². The largest absolute Gasteiger partial charge is 0.497 e. The third-order valence-electron chi connectivity index (χ3n) is 6.89. The van der Waals surface area contributed by atoms with E-state index in [0.717, 1.165) is 30.2 Å². The summed E-state index contributed by atoms with van der Waals surface area (Å²) in [5, 5.41) is 0. The fourth-order valence-corrected chi connectivity index (χ4v) is 4.77. The minimum Gasteiger partial charge on any atom is -0.497 e. The third kappa shape index (κ3) is 3.62. The van der Waals surface area contributed by atoms with Gasteiger partial charge in [0.05, 0.1) is 33.1 Å². The smallest absolute Gasteiger partial charge is 0.332 e. The molecule has 186 valence electrons. The quantitative estimate of drug-likeness (QED) is 0.406. The number of rotatable bonds is 6. The molecule has 1 aromatic carbocycles. The summed E-state index contributed by atoms with van der Waals surface area (Å²) in [5.74, 6) is 1.83. The molecule has 0 amide bonds. The lowest BCUT2D eigenvalue weighted by atomic mass is 10.2. The van der Waals surface area contributed by atoms with Gasteiger partial charge in [0.15, 0.2) is 11.2 Å². The molecule has 5 rings (SSSR count). The maximum Gasteiger partial charge on any atom is 0.332 e. The highest BCUT2D eigenvalue weighted by Gasteiger charge is 2.25. The van der Waals surface area contributed by atoms with Gasteiger partial charge in [-0.1, -0.05) is 0 Å². The van der Waals surface area contributed by atoms with Gasteiger partial charge in [-0.2, -0.15) is 4.98 Å². The second-order valence-corrected chi connectivity index (χ2v) is 8.72. The molecule has 3 aromatic heterocycles. The Kier molecular flexibility index (Phi) is 5.89. The van der Waals surface area contributed by atoms with Crippen LogP contribution in [0.15, 0.2) is 27.8 Å². The molecule has 0 aliphatic carbocycles. The van der Waals surface area contributed by atoms with Crippen molar-refractivity contribution in [3.8, 4) is 17.2 Å². The number of methoxy groups -OCH3 is 2. The Bertz CT molecular complexity index is 1540. The molecule has 4 heterocycles. The lowest BCUT2D eigenvalue weighted by Crippen LogP contribution is -2.44. The van der Waals surface area contributed by atoms with Crippen molar-refractivity contribution in [2.75, 3.05) is 47.1 Å². The molecule has 0 bridgehead atoms. The predicted octanol–water partition coefficient (Wildman–Crippen LogP) is 1.10. The SMILES string of the molecule is COc1ccc(OC)c(-n2c(C)c(C)n3c4c(=O)n(CCN5CCOCC5)c(=O)n(C)c4nc23)c1. The lowest BCUT2D eigenvalue weighted by Gasteiger charge is -2.26. The molecule has 35 heavy (non-hydrogen) atoms. The number of aromatic nitrogens is 5. The van der Waals surface area contributed by atoms with Crippen LogP contribution in [0.5, 0.6) is 11.5 Å².